The van der Waals surface area contributed by atoms with Gasteiger partial charge in [0.05, 0.1) is 27.5 Å². The molecule has 0 radical (unpaired) electrons. The molecule has 0 fully saturated rings. The van der Waals surface area contributed by atoms with Gasteiger partial charge < -0.3 is 8.98 Å². The molecule has 0 aliphatic rings. The molecule has 4 heterocycles. The average molecular weight is 539 g/mol. The summed E-state index contributed by atoms with van der Waals surface area (Å²) in [5, 5.41) is 4.36. The van der Waals surface area contributed by atoms with Crippen molar-refractivity contribution in [1.29, 1.82) is 0 Å². The maximum absolute atomic E-state index is 6.45. The quantitative estimate of drug-likeness (QED) is 0.210. The van der Waals surface area contributed by atoms with Gasteiger partial charge in [0, 0.05) is 45.4 Å². The summed E-state index contributed by atoms with van der Waals surface area (Å²) in [5.74, 6) is 0.628. The topological polar surface area (TPSA) is 56.7 Å². The number of oxazole rings is 1. The Balaban J connectivity index is 1.24. The Morgan fingerprint density at radius 3 is 2.36 bits per heavy atom. The molecule has 0 amide bonds. The molecule has 0 saturated carbocycles. The third-order valence-corrected chi connectivity index (χ3v) is 8.07. The molecule has 0 N–H and O–H groups in total. The first-order chi connectivity index (χ1) is 20.8. The Labute approximate surface area is 240 Å². The van der Waals surface area contributed by atoms with Gasteiger partial charge >= 0.3 is 0 Å². The van der Waals surface area contributed by atoms with Gasteiger partial charge in [-0.1, -0.05) is 66.7 Å². The van der Waals surface area contributed by atoms with Gasteiger partial charge in [0.2, 0.25) is 5.89 Å². The first-order valence-corrected chi connectivity index (χ1v) is 13.9. The molecular weight excluding hydrogens is 516 g/mol. The number of fused-ring (bicyclic) bond motifs is 8. The van der Waals surface area contributed by atoms with Crippen LogP contribution in [0, 0.1) is 0 Å². The minimum absolute atomic E-state index is 0.628. The molecule has 0 spiro atoms. The predicted molar refractivity (Wildman–Crippen MR) is 170 cm³/mol. The van der Waals surface area contributed by atoms with Gasteiger partial charge in [-0.3, -0.25) is 9.97 Å². The van der Waals surface area contributed by atoms with Crippen molar-refractivity contribution in [2.45, 2.75) is 0 Å². The molecule has 5 aromatic carbocycles. The second-order valence-electron chi connectivity index (χ2n) is 10.5. The zero-order chi connectivity index (χ0) is 27.6. The lowest BCUT2D eigenvalue weighted by Gasteiger charge is -2.11. The van der Waals surface area contributed by atoms with E-state index in [1.165, 1.54) is 0 Å². The third kappa shape index (κ3) is 3.40. The lowest BCUT2D eigenvalue weighted by molar-refractivity contribution is 0.623. The molecule has 0 saturated heterocycles. The first-order valence-electron chi connectivity index (χ1n) is 13.9. The predicted octanol–water partition coefficient (Wildman–Crippen LogP) is 9.36. The number of hydrogen-bond acceptors (Lipinski definition) is 4. The van der Waals surface area contributed by atoms with Crippen molar-refractivity contribution < 1.29 is 4.42 Å². The first kappa shape index (κ1) is 22.9. The third-order valence-electron chi connectivity index (χ3n) is 8.07. The van der Waals surface area contributed by atoms with E-state index in [4.69, 9.17) is 14.4 Å². The van der Waals surface area contributed by atoms with Crippen LogP contribution in [-0.2, 0) is 0 Å². The Morgan fingerprint density at radius 1 is 0.571 bits per heavy atom. The molecular formula is C37H22N4O. The fraction of sp³-hybridized carbons (Fsp3) is 0. The summed E-state index contributed by atoms with van der Waals surface area (Å²) in [6.07, 6.45) is 3.77. The Bertz CT molecular complexity index is 2470. The van der Waals surface area contributed by atoms with E-state index in [1.54, 1.807) is 0 Å². The second kappa shape index (κ2) is 8.85. The van der Waals surface area contributed by atoms with Crippen LogP contribution >= 0.6 is 0 Å². The maximum atomic E-state index is 6.45. The van der Waals surface area contributed by atoms with Gasteiger partial charge in [-0.25, -0.2) is 4.98 Å². The highest BCUT2D eigenvalue weighted by atomic mass is 16.3. The summed E-state index contributed by atoms with van der Waals surface area (Å²) in [5.41, 5.74) is 9.88. The number of aromatic nitrogens is 4. The highest BCUT2D eigenvalue weighted by Crippen LogP contribution is 2.39. The molecule has 4 aromatic heterocycles. The lowest BCUT2D eigenvalue weighted by atomic mass is 10.0. The summed E-state index contributed by atoms with van der Waals surface area (Å²) in [4.78, 5) is 14.3. The summed E-state index contributed by atoms with van der Waals surface area (Å²) >= 11 is 0. The minimum atomic E-state index is 0.628. The van der Waals surface area contributed by atoms with Crippen LogP contribution in [-0.4, -0.2) is 19.5 Å². The summed E-state index contributed by atoms with van der Waals surface area (Å²) in [6, 6.07) is 41.8. The molecule has 0 atom stereocenters. The van der Waals surface area contributed by atoms with E-state index in [2.05, 4.69) is 94.5 Å². The van der Waals surface area contributed by atoms with Gasteiger partial charge in [-0.2, -0.15) is 0 Å². The maximum Gasteiger partial charge on any atom is 0.227 e. The van der Waals surface area contributed by atoms with E-state index in [1.807, 2.05) is 48.8 Å². The van der Waals surface area contributed by atoms with Crippen LogP contribution in [0.25, 0.3) is 83.0 Å². The Kier molecular flexibility index (Phi) is 4.83. The van der Waals surface area contributed by atoms with Crippen molar-refractivity contribution in [1.82, 2.24) is 19.5 Å². The van der Waals surface area contributed by atoms with Crippen molar-refractivity contribution >= 4 is 54.7 Å². The van der Waals surface area contributed by atoms with E-state index < -0.39 is 0 Å². The summed E-state index contributed by atoms with van der Waals surface area (Å²) in [7, 11) is 0. The number of rotatable bonds is 3. The number of hydrogen-bond donors (Lipinski definition) is 0. The van der Waals surface area contributed by atoms with Gasteiger partial charge in [0.25, 0.3) is 0 Å². The van der Waals surface area contributed by atoms with E-state index in [0.29, 0.717) is 5.89 Å². The number of para-hydroxylation sites is 1. The molecule has 9 aromatic rings. The monoisotopic (exact) mass is 538 g/mol. The molecule has 42 heavy (non-hydrogen) atoms. The van der Waals surface area contributed by atoms with Crippen LogP contribution in [0.4, 0.5) is 0 Å². The summed E-state index contributed by atoms with van der Waals surface area (Å²) < 4.78 is 8.76. The van der Waals surface area contributed by atoms with E-state index >= 15 is 0 Å². The van der Waals surface area contributed by atoms with E-state index in [0.717, 1.165) is 77.1 Å². The Hall–Kier alpha value is -5.81. The molecule has 0 bridgehead atoms. The molecule has 196 valence electrons. The summed E-state index contributed by atoms with van der Waals surface area (Å²) in [6.45, 7) is 0. The van der Waals surface area contributed by atoms with E-state index in [9.17, 15) is 0 Å². The van der Waals surface area contributed by atoms with Crippen LogP contribution in [0.2, 0.25) is 0 Å². The van der Waals surface area contributed by atoms with Crippen molar-refractivity contribution in [2.24, 2.45) is 0 Å². The fourth-order valence-corrected chi connectivity index (χ4v) is 6.14. The molecule has 0 aliphatic carbocycles. The zero-order valence-electron chi connectivity index (χ0n) is 22.4. The minimum Gasteiger partial charge on any atom is -0.435 e. The standard InChI is InChI=1S/C37H22N4O/c1-2-8-24(9-3-1)37-40-30-17-18-32-33(36(30)42-37)29-13-4-5-14-31(29)41(32)28-12-6-10-25(21-28)27-20-26-16-15-23-11-7-19-38-34(23)35(26)39-22-27/h1-22H. The van der Waals surface area contributed by atoms with Crippen LogP contribution in [0.5, 0.6) is 0 Å². The lowest BCUT2D eigenvalue weighted by Crippen LogP contribution is -1.94. The molecule has 0 aliphatic heterocycles. The van der Waals surface area contributed by atoms with Crippen LogP contribution in [0.3, 0.4) is 0 Å². The molecule has 5 nitrogen and oxygen atoms in total. The van der Waals surface area contributed by atoms with Crippen molar-refractivity contribution in [3.8, 4) is 28.3 Å². The van der Waals surface area contributed by atoms with Crippen molar-refractivity contribution in [3.05, 3.63) is 134 Å². The van der Waals surface area contributed by atoms with Crippen LogP contribution in [0.1, 0.15) is 0 Å². The highest BCUT2D eigenvalue weighted by Gasteiger charge is 2.19. The highest BCUT2D eigenvalue weighted by molar-refractivity contribution is 6.19. The van der Waals surface area contributed by atoms with Crippen molar-refractivity contribution in [2.75, 3.05) is 0 Å². The smallest absolute Gasteiger partial charge is 0.227 e. The van der Waals surface area contributed by atoms with E-state index in [-0.39, 0.29) is 0 Å². The fourth-order valence-electron chi connectivity index (χ4n) is 6.14. The second-order valence-corrected chi connectivity index (χ2v) is 10.5. The van der Waals surface area contributed by atoms with Crippen LogP contribution < -0.4 is 0 Å². The van der Waals surface area contributed by atoms with Gasteiger partial charge in [0.1, 0.15) is 5.52 Å². The molecule has 9 rings (SSSR count). The van der Waals surface area contributed by atoms with Gasteiger partial charge in [0.15, 0.2) is 5.58 Å². The number of nitrogens with zero attached hydrogens (tertiary/aromatic N) is 4. The number of pyridine rings is 2. The molecule has 5 heteroatoms. The average Bonchev–Trinajstić information content (AvgIpc) is 3.64. The molecule has 0 unspecified atom stereocenters. The van der Waals surface area contributed by atoms with Crippen LogP contribution in [0.15, 0.2) is 138 Å². The van der Waals surface area contributed by atoms with Crippen molar-refractivity contribution in [3.63, 3.8) is 0 Å². The van der Waals surface area contributed by atoms with Gasteiger partial charge in [-0.15, -0.1) is 0 Å². The van der Waals surface area contributed by atoms with Gasteiger partial charge in [-0.05, 0) is 60.2 Å². The number of benzene rings is 5. The Morgan fingerprint density at radius 2 is 1.40 bits per heavy atom. The largest absolute Gasteiger partial charge is 0.435 e. The zero-order valence-corrected chi connectivity index (χ0v) is 22.4. The normalized spacial score (nSPS) is 11.8. The SMILES string of the molecule is c1ccc(-c2nc3ccc4c(c5ccccc5n4-c4cccc(-c5cnc6c(ccc7cccnc76)c5)c4)c3o2)cc1.